The minimum atomic E-state index is -0.0922. The zero-order valence-corrected chi connectivity index (χ0v) is 12.4. The molecule has 0 saturated carbocycles. The number of rotatable bonds is 7. The highest BCUT2D eigenvalue weighted by molar-refractivity contribution is 5.29. The van der Waals surface area contributed by atoms with Gasteiger partial charge in [0.15, 0.2) is 0 Å². The van der Waals surface area contributed by atoms with E-state index in [0.717, 1.165) is 37.6 Å². The van der Waals surface area contributed by atoms with Gasteiger partial charge in [-0.05, 0) is 38.0 Å². The minimum absolute atomic E-state index is 0.0922. The summed E-state index contributed by atoms with van der Waals surface area (Å²) in [6.07, 6.45) is 1.28. The van der Waals surface area contributed by atoms with Crippen molar-refractivity contribution in [2.24, 2.45) is 11.7 Å². The number of hydrogen-bond acceptors (Lipinski definition) is 4. The van der Waals surface area contributed by atoms with E-state index in [9.17, 15) is 0 Å². The molecule has 112 valence electrons. The van der Waals surface area contributed by atoms with Crippen LogP contribution in [-0.2, 0) is 9.47 Å². The Hall–Kier alpha value is -1.10. The standard InChI is InChI=1S/C16H25NO3/c1-12(2)20-15-5-3-14(4-6-15)16(17)11-19-10-13-7-8-18-9-13/h3-6,12-13,16H,7-11,17H2,1-2H3. The maximum Gasteiger partial charge on any atom is 0.119 e. The lowest BCUT2D eigenvalue weighted by Gasteiger charge is -2.15. The van der Waals surface area contributed by atoms with Gasteiger partial charge in [0.1, 0.15) is 5.75 Å². The summed E-state index contributed by atoms with van der Waals surface area (Å²) in [7, 11) is 0. The van der Waals surface area contributed by atoms with Crippen LogP contribution in [0, 0.1) is 5.92 Å². The first-order chi connectivity index (χ1) is 9.65. The zero-order valence-electron chi connectivity index (χ0n) is 12.4. The fraction of sp³-hybridized carbons (Fsp3) is 0.625. The number of hydrogen-bond donors (Lipinski definition) is 1. The summed E-state index contributed by atoms with van der Waals surface area (Å²) in [4.78, 5) is 0. The van der Waals surface area contributed by atoms with Crippen molar-refractivity contribution >= 4 is 0 Å². The van der Waals surface area contributed by atoms with E-state index in [1.54, 1.807) is 0 Å². The van der Waals surface area contributed by atoms with Crippen molar-refractivity contribution in [1.82, 2.24) is 0 Å². The zero-order chi connectivity index (χ0) is 14.4. The Kier molecular flexibility index (Phi) is 5.83. The molecule has 1 heterocycles. The Labute approximate surface area is 121 Å². The van der Waals surface area contributed by atoms with Crippen molar-refractivity contribution in [1.29, 1.82) is 0 Å². The highest BCUT2D eigenvalue weighted by Gasteiger charge is 2.16. The lowest BCUT2D eigenvalue weighted by Crippen LogP contribution is -2.20. The lowest BCUT2D eigenvalue weighted by atomic mass is 10.1. The fourth-order valence-electron chi connectivity index (χ4n) is 2.24. The first-order valence-corrected chi connectivity index (χ1v) is 7.33. The van der Waals surface area contributed by atoms with Crippen molar-refractivity contribution < 1.29 is 14.2 Å². The molecule has 1 aromatic rings. The molecule has 0 bridgehead atoms. The van der Waals surface area contributed by atoms with E-state index in [0.29, 0.717) is 12.5 Å². The average molecular weight is 279 g/mol. The molecule has 1 saturated heterocycles. The quantitative estimate of drug-likeness (QED) is 0.833. The molecule has 1 aromatic carbocycles. The molecule has 0 amide bonds. The van der Waals surface area contributed by atoms with Crippen molar-refractivity contribution in [3.63, 3.8) is 0 Å². The third kappa shape index (κ3) is 4.78. The SMILES string of the molecule is CC(C)Oc1ccc(C(N)COCC2CCOC2)cc1. The number of benzene rings is 1. The molecule has 0 radical (unpaired) electrons. The highest BCUT2D eigenvalue weighted by atomic mass is 16.5. The van der Waals surface area contributed by atoms with Gasteiger partial charge in [-0.2, -0.15) is 0 Å². The summed E-state index contributed by atoms with van der Waals surface area (Å²) < 4.78 is 16.6. The maximum atomic E-state index is 6.13. The summed E-state index contributed by atoms with van der Waals surface area (Å²) in [6.45, 7) is 6.98. The van der Waals surface area contributed by atoms with Crippen LogP contribution in [0.3, 0.4) is 0 Å². The third-order valence-corrected chi connectivity index (χ3v) is 3.35. The number of ether oxygens (including phenoxy) is 3. The van der Waals surface area contributed by atoms with Crippen molar-refractivity contribution in [2.45, 2.75) is 32.4 Å². The van der Waals surface area contributed by atoms with E-state index < -0.39 is 0 Å². The maximum absolute atomic E-state index is 6.13. The first-order valence-electron chi connectivity index (χ1n) is 7.33. The van der Waals surface area contributed by atoms with E-state index >= 15 is 0 Å². The molecule has 0 aliphatic carbocycles. The Morgan fingerprint density at radius 2 is 2.05 bits per heavy atom. The molecular weight excluding hydrogens is 254 g/mol. The van der Waals surface area contributed by atoms with Crippen LogP contribution in [-0.4, -0.2) is 32.5 Å². The van der Waals surface area contributed by atoms with Gasteiger partial charge in [-0.1, -0.05) is 12.1 Å². The molecule has 0 aromatic heterocycles. The summed E-state index contributed by atoms with van der Waals surface area (Å²) in [5.41, 5.74) is 7.21. The largest absolute Gasteiger partial charge is 0.491 e. The predicted octanol–water partition coefficient (Wildman–Crippen LogP) is 2.53. The smallest absolute Gasteiger partial charge is 0.119 e. The second-order valence-corrected chi connectivity index (χ2v) is 5.61. The molecule has 1 aliphatic heterocycles. The molecular formula is C16H25NO3. The Morgan fingerprint density at radius 3 is 2.65 bits per heavy atom. The molecule has 1 fully saturated rings. The minimum Gasteiger partial charge on any atom is -0.491 e. The normalized spacial score (nSPS) is 20.3. The molecule has 2 N–H and O–H groups in total. The predicted molar refractivity (Wildman–Crippen MR) is 78.9 cm³/mol. The molecule has 2 atom stereocenters. The van der Waals surface area contributed by atoms with Crippen LogP contribution in [0.1, 0.15) is 31.9 Å². The molecule has 4 nitrogen and oxygen atoms in total. The number of nitrogens with two attached hydrogens (primary N) is 1. The Balaban J connectivity index is 1.75. The van der Waals surface area contributed by atoms with E-state index in [4.69, 9.17) is 19.9 Å². The molecule has 2 rings (SSSR count). The lowest BCUT2D eigenvalue weighted by molar-refractivity contribution is 0.0808. The van der Waals surface area contributed by atoms with Crippen LogP contribution in [0.4, 0.5) is 0 Å². The molecule has 1 aliphatic rings. The fourth-order valence-corrected chi connectivity index (χ4v) is 2.24. The van der Waals surface area contributed by atoms with Gasteiger partial charge in [-0.3, -0.25) is 0 Å². The van der Waals surface area contributed by atoms with Crippen molar-refractivity contribution in [3.05, 3.63) is 29.8 Å². The van der Waals surface area contributed by atoms with Gasteiger partial charge in [0, 0.05) is 12.5 Å². The van der Waals surface area contributed by atoms with E-state index in [-0.39, 0.29) is 12.1 Å². The van der Waals surface area contributed by atoms with Crippen LogP contribution in [0.5, 0.6) is 5.75 Å². The molecule has 20 heavy (non-hydrogen) atoms. The summed E-state index contributed by atoms with van der Waals surface area (Å²) >= 11 is 0. The van der Waals surface area contributed by atoms with Crippen LogP contribution >= 0.6 is 0 Å². The van der Waals surface area contributed by atoms with Gasteiger partial charge < -0.3 is 19.9 Å². The van der Waals surface area contributed by atoms with E-state index in [1.807, 2.05) is 38.1 Å². The highest BCUT2D eigenvalue weighted by Crippen LogP contribution is 2.18. The van der Waals surface area contributed by atoms with Gasteiger partial charge in [-0.15, -0.1) is 0 Å². The summed E-state index contributed by atoms with van der Waals surface area (Å²) in [6, 6.07) is 7.83. The van der Waals surface area contributed by atoms with E-state index in [1.165, 1.54) is 0 Å². The van der Waals surface area contributed by atoms with E-state index in [2.05, 4.69) is 0 Å². The monoisotopic (exact) mass is 279 g/mol. The first kappa shape index (κ1) is 15.3. The molecule has 0 spiro atoms. The summed E-state index contributed by atoms with van der Waals surface area (Å²) in [5.74, 6) is 1.41. The molecule has 2 unspecified atom stereocenters. The second kappa shape index (κ2) is 7.62. The van der Waals surface area contributed by atoms with Crippen molar-refractivity contribution in [3.8, 4) is 5.75 Å². The van der Waals surface area contributed by atoms with Gasteiger partial charge in [0.05, 0.1) is 32.0 Å². The van der Waals surface area contributed by atoms with Gasteiger partial charge >= 0.3 is 0 Å². The van der Waals surface area contributed by atoms with Crippen LogP contribution in [0.25, 0.3) is 0 Å². The second-order valence-electron chi connectivity index (χ2n) is 5.61. The van der Waals surface area contributed by atoms with Crippen molar-refractivity contribution in [2.75, 3.05) is 26.4 Å². The molecule has 4 heteroatoms. The van der Waals surface area contributed by atoms with Gasteiger partial charge in [0.25, 0.3) is 0 Å². The Bertz CT molecular complexity index is 385. The van der Waals surface area contributed by atoms with Crippen LogP contribution in [0.15, 0.2) is 24.3 Å². The van der Waals surface area contributed by atoms with Crippen LogP contribution in [0.2, 0.25) is 0 Å². The van der Waals surface area contributed by atoms with Gasteiger partial charge in [-0.25, -0.2) is 0 Å². The average Bonchev–Trinajstić information content (AvgIpc) is 2.92. The topological polar surface area (TPSA) is 53.7 Å². The van der Waals surface area contributed by atoms with Gasteiger partial charge in [0.2, 0.25) is 0 Å². The van der Waals surface area contributed by atoms with Crippen LogP contribution < -0.4 is 10.5 Å². The Morgan fingerprint density at radius 1 is 1.30 bits per heavy atom. The third-order valence-electron chi connectivity index (χ3n) is 3.35. The summed E-state index contributed by atoms with van der Waals surface area (Å²) in [5, 5.41) is 0.